The molecule has 1 aromatic heterocycles. The summed E-state index contributed by atoms with van der Waals surface area (Å²) in [6, 6.07) is 8.64. The molecule has 1 N–H and O–H groups in total. The molecule has 0 saturated heterocycles. The molecule has 0 spiro atoms. The number of aromatic nitrogens is 1. The summed E-state index contributed by atoms with van der Waals surface area (Å²) < 4.78 is 0.663. The molecule has 0 bridgehead atoms. The molecule has 0 radical (unpaired) electrons. The van der Waals surface area contributed by atoms with Crippen LogP contribution in [0.2, 0.25) is 5.02 Å². The Hall–Kier alpha value is -1.39. The first kappa shape index (κ1) is 12.1. The number of hydrogen-bond donors (Lipinski definition) is 1. The molecule has 1 heterocycles. The summed E-state index contributed by atoms with van der Waals surface area (Å²) in [6.45, 7) is 0. The van der Waals surface area contributed by atoms with E-state index in [0.717, 1.165) is 0 Å². The van der Waals surface area contributed by atoms with Crippen molar-refractivity contribution >= 4 is 39.1 Å². The van der Waals surface area contributed by atoms with E-state index in [9.17, 15) is 4.79 Å². The van der Waals surface area contributed by atoms with Crippen LogP contribution in [0.3, 0.4) is 0 Å². The van der Waals surface area contributed by atoms with Crippen molar-refractivity contribution in [3.8, 4) is 0 Å². The Morgan fingerprint density at radius 1 is 1.24 bits per heavy atom. The van der Waals surface area contributed by atoms with Gasteiger partial charge in [-0.2, -0.15) is 0 Å². The summed E-state index contributed by atoms with van der Waals surface area (Å²) in [4.78, 5) is 15.9. The van der Waals surface area contributed by atoms with Gasteiger partial charge >= 0.3 is 0 Å². The second kappa shape index (κ2) is 5.29. The van der Waals surface area contributed by atoms with Crippen LogP contribution >= 0.6 is 27.5 Å². The summed E-state index contributed by atoms with van der Waals surface area (Å²) in [5.74, 6) is -0.256. The summed E-state index contributed by atoms with van der Waals surface area (Å²) >= 11 is 9.29. The van der Waals surface area contributed by atoms with Gasteiger partial charge in [0.05, 0.1) is 10.6 Å². The molecule has 17 heavy (non-hydrogen) atoms. The Labute approximate surface area is 112 Å². The van der Waals surface area contributed by atoms with Crippen molar-refractivity contribution in [3.63, 3.8) is 0 Å². The first-order valence-corrected chi connectivity index (χ1v) is 6.01. The predicted octanol–water partition coefficient (Wildman–Crippen LogP) is 3.75. The van der Waals surface area contributed by atoms with Gasteiger partial charge in [0, 0.05) is 22.6 Å². The Morgan fingerprint density at radius 2 is 1.94 bits per heavy atom. The van der Waals surface area contributed by atoms with E-state index in [1.807, 2.05) is 0 Å². The van der Waals surface area contributed by atoms with Crippen molar-refractivity contribution in [2.75, 3.05) is 5.32 Å². The summed E-state index contributed by atoms with van der Waals surface area (Å²) in [7, 11) is 0. The van der Waals surface area contributed by atoms with E-state index in [1.54, 1.807) is 42.7 Å². The van der Waals surface area contributed by atoms with Crippen LogP contribution in [0.1, 0.15) is 10.4 Å². The van der Waals surface area contributed by atoms with Gasteiger partial charge < -0.3 is 5.32 Å². The summed E-state index contributed by atoms with van der Waals surface area (Å²) in [5.41, 5.74) is 1.10. The number of carbonyl (C=O) groups is 1. The lowest BCUT2D eigenvalue weighted by molar-refractivity contribution is 0.102. The van der Waals surface area contributed by atoms with E-state index in [2.05, 4.69) is 26.2 Å². The first-order valence-electron chi connectivity index (χ1n) is 4.84. The molecule has 86 valence electrons. The zero-order chi connectivity index (χ0) is 12.3. The topological polar surface area (TPSA) is 42.0 Å². The fourth-order valence-electron chi connectivity index (χ4n) is 1.34. The molecule has 5 heteroatoms. The number of carbonyl (C=O) groups excluding carboxylic acids is 1. The molecule has 0 unspecified atom stereocenters. The Bertz CT molecular complexity index is 525. The average molecular weight is 312 g/mol. The molecular formula is C12H8BrClN2O. The van der Waals surface area contributed by atoms with Gasteiger partial charge in [-0.25, -0.2) is 0 Å². The van der Waals surface area contributed by atoms with Crippen LogP contribution in [-0.4, -0.2) is 10.9 Å². The number of benzene rings is 1. The summed E-state index contributed by atoms with van der Waals surface area (Å²) in [6.07, 6.45) is 3.22. The highest BCUT2D eigenvalue weighted by Crippen LogP contribution is 2.25. The minimum Gasteiger partial charge on any atom is -0.322 e. The zero-order valence-corrected chi connectivity index (χ0v) is 11.0. The van der Waals surface area contributed by atoms with Crippen molar-refractivity contribution in [2.24, 2.45) is 0 Å². The Kier molecular flexibility index (Phi) is 3.76. The van der Waals surface area contributed by atoms with Crippen LogP contribution < -0.4 is 5.32 Å². The highest BCUT2D eigenvalue weighted by atomic mass is 79.9. The molecular weight excluding hydrogens is 304 g/mol. The van der Waals surface area contributed by atoms with Crippen molar-refractivity contribution < 1.29 is 4.79 Å². The van der Waals surface area contributed by atoms with Crippen LogP contribution in [0.5, 0.6) is 0 Å². The maximum atomic E-state index is 12.0. The number of pyridine rings is 1. The van der Waals surface area contributed by atoms with E-state index in [4.69, 9.17) is 11.6 Å². The standard InChI is InChI=1S/C12H8BrClN2O/c13-9-2-1-3-10(14)11(9)12(17)16-8-4-6-15-7-5-8/h1-7H,(H,15,16,17). The number of amides is 1. The summed E-state index contributed by atoms with van der Waals surface area (Å²) in [5, 5.41) is 3.15. The molecule has 2 rings (SSSR count). The monoisotopic (exact) mass is 310 g/mol. The average Bonchev–Trinajstić information content (AvgIpc) is 2.30. The van der Waals surface area contributed by atoms with Gasteiger partial charge in [0.1, 0.15) is 0 Å². The Morgan fingerprint density at radius 3 is 2.59 bits per heavy atom. The molecule has 1 amide bonds. The smallest absolute Gasteiger partial charge is 0.258 e. The molecule has 0 aliphatic heterocycles. The third kappa shape index (κ3) is 2.84. The number of anilines is 1. The number of rotatable bonds is 2. The highest BCUT2D eigenvalue weighted by molar-refractivity contribution is 9.10. The van der Waals surface area contributed by atoms with Crippen molar-refractivity contribution in [2.45, 2.75) is 0 Å². The number of nitrogens with one attached hydrogen (secondary N) is 1. The second-order valence-electron chi connectivity index (χ2n) is 3.29. The van der Waals surface area contributed by atoms with E-state index < -0.39 is 0 Å². The van der Waals surface area contributed by atoms with Gasteiger partial charge in [-0.05, 0) is 40.2 Å². The van der Waals surface area contributed by atoms with Crippen LogP contribution in [-0.2, 0) is 0 Å². The van der Waals surface area contributed by atoms with E-state index in [-0.39, 0.29) is 5.91 Å². The fourth-order valence-corrected chi connectivity index (χ4v) is 2.26. The van der Waals surface area contributed by atoms with Crippen molar-refractivity contribution in [1.29, 1.82) is 0 Å². The van der Waals surface area contributed by atoms with Gasteiger partial charge in [-0.1, -0.05) is 17.7 Å². The Balaban J connectivity index is 2.27. The lowest BCUT2D eigenvalue weighted by atomic mass is 10.2. The maximum Gasteiger partial charge on any atom is 0.258 e. The maximum absolute atomic E-state index is 12.0. The molecule has 0 aliphatic rings. The van der Waals surface area contributed by atoms with E-state index in [1.165, 1.54) is 0 Å². The molecule has 0 fully saturated rings. The fraction of sp³-hybridized carbons (Fsp3) is 0. The zero-order valence-electron chi connectivity index (χ0n) is 8.65. The third-order valence-electron chi connectivity index (χ3n) is 2.13. The van der Waals surface area contributed by atoms with Gasteiger partial charge in [0.2, 0.25) is 0 Å². The van der Waals surface area contributed by atoms with Crippen molar-refractivity contribution in [3.05, 3.63) is 57.8 Å². The van der Waals surface area contributed by atoms with E-state index in [0.29, 0.717) is 20.7 Å². The molecule has 3 nitrogen and oxygen atoms in total. The minimum atomic E-state index is -0.256. The van der Waals surface area contributed by atoms with Gasteiger partial charge in [0.15, 0.2) is 0 Å². The molecule has 0 aliphatic carbocycles. The largest absolute Gasteiger partial charge is 0.322 e. The SMILES string of the molecule is O=C(Nc1ccncc1)c1c(Cl)cccc1Br. The van der Waals surface area contributed by atoms with Gasteiger partial charge in [0.25, 0.3) is 5.91 Å². The molecule has 1 aromatic carbocycles. The van der Waals surface area contributed by atoms with Crippen molar-refractivity contribution in [1.82, 2.24) is 4.98 Å². The van der Waals surface area contributed by atoms with E-state index >= 15 is 0 Å². The number of hydrogen-bond acceptors (Lipinski definition) is 2. The first-order chi connectivity index (χ1) is 8.18. The minimum absolute atomic E-state index is 0.256. The number of nitrogens with zero attached hydrogens (tertiary/aromatic N) is 1. The molecule has 2 aromatic rings. The quantitative estimate of drug-likeness (QED) is 0.918. The lowest BCUT2D eigenvalue weighted by Crippen LogP contribution is -2.13. The van der Waals surface area contributed by atoms with Gasteiger partial charge in [-0.15, -0.1) is 0 Å². The highest BCUT2D eigenvalue weighted by Gasteiger charge is 2.13. The third-order valence-corrected chi connectivity index (χ3v) is 3.10. The predicted molar refractivity (Wildman–Crippen MR) is 71.3 cm³/mol. The lowest BCUT2D eigenvalue weighted by Gasteiger charge is -2.08. The number of halogens is 2. The van der Waals surface area contributed by atoms with Gasteiger partial charge in [-0.3, -0.25) is 9.78 Å². The van der Waals surface area contributed by atoms with Crippen LogP contribution in [0.15, 0.2) is 47.2 Å². The van der Waals surface area contributed by atoms with Crippen LogP contribution in [0.4, 0.5) is 5.69 Å². The van der Waals surface area contributed by atoms with Crippen LogP contribution in [0.25, 0.3) is 0 Å². The van der Waals surface area contributed by atoms with Crippen LogP contribution in [0, 0.1) is 0 Å². The normalized spacial score (nSPS) is 10.0. The second-order valence-corrected chi connectivity index (χ2v) is 4.55. The molecule has 0 saturated carbocycles. The molecule has 0 atom stereocenters.